The third-order valence-corrected chi connectivity index (χ3v) is 6.51. The number of hydrogen-bond donors (Lipinski definition) is 2. The van der Waals surface area contributed by atoms with Crippen LogP contribution in [0.1, 0.15) is 36.4 Å². The number of halogens is 5. The van der Waals surface area contributed by atoms with Gasteiger partial charge >= 0.3 is 12.3 Å². The molecule has 0 aliphatic heterocycles. The van der Waals surface area contributed by atoms with Crippen LogP contribution in [0, 0.1) is 0 Å². The summed E-state index contributed by atoms with van der Waals surface area (Å²) in [5, 5.41) is 12.4. The Kier molecular flexibility index (Phi) is 10.0. The van der Waals surface area contributed by atoms with E-state index in [2.05, 4.69) is 5.32 Å². The fourth-order valence-electron chi connectivity index (χ4n) is 4.12. The fraction of sp³-hybridized carbons (Fsp3) is 0.375. The Morgan fingerprint density at radius 3 is 2.28 bits per heavy atom. The number of carboxylic acid groups (broad SMARTS) is 1. The molecule has 0 aliphatic carbocycles. The second-order valence-electron chi connectivity index (χ2n) is 8.19. The number of hydrogen-bond acceptors (Lipinski definition) is 4. The number of likely N-dealkylation sites (N-methyl/N-ethyl adjacent to an activating group) is 1. The molecule has 36 heavy (non-hydrogen) atoms. The lowest BCUT2D eigenvalue weighted by Gasteiger charge is -2.44. The zero-order chi connectivity index (χ0) is 27.1. The summed E-state index contributed by atoms with van der Waals surface area (Å²) in [6, 6.07) is 9.69. The molecule has 2 aromatic rings. The van der Waals surface area contributed by atoms with Crippen molar-refractivity contribution in [3.63, 3.8) is 0 Å². The number of carbonyl (C=O) groups is 3. The molecule has 196 valence electrons. The van der Waals surface area contributed by atoms with Gasteiger partial charge in [0.1, 0.15) is 18.5 Å². The van der Waals surface area contributed by atoms with Gasteiger partial charge < -0.3 is 24.9 Å². The van der Waals surface area contributed by atoms with Crippen LogP contribution in [0.5, 0.6) is 5.75 Å². The summed E-state index contributed by atoms with van der Waals surface area (Å²) in [5.41, 5.74) is -0.621. The highest BCUT2D eigenvalue weighted by molar-refractivity contribution is 6.42. The molecular formula is C24H25Cl2F3N2O5. The molecule has 0 fully saturated rings. The molecule has 2 aromatic carbocycles. The molecule has 7 nitrogen and oxygen atoms in total. The van der Waals surface area contributed by atoms with Crippen LogP contribution in [-0.4, -0.2) is 55.2 Å². The summed E-state index contributed by atoms with van der Waals surface area (Å²) in [4.78, 5) is 36.7. The first-order chi connectivity index (χ1) is 16.8. The molecular weight excluding hydrogens is 524 g/mol. The number of benzene rings is 2. The maximum atomic E-state index is 13.0. The average molecular weight is 549 g/mol. The first-order valence-corrected chi connectivity index (χ1v) is 11.4. The predicted octanol–water partition coefficient (Wildman–Crippen LogP) is 5.64. The highest BCUT2D eigenvalue weighted by Crippen LogP contribution is 2.44. The number of rotatable bonds is 11. The summed E-state index contributed by atoms with van der Waals surface area (Å²) in [5.74, 6) is -0.736. The number of ether oxygens (including phenoxy) is 1. The standard InChI is InChI=1S/C24H25Cl2F3N2O5/c1-31(20(33)13-24(27,28)29)14-23(10-3-11-32,16-6-9-18(25)19(26)12-16)21(30-22(34)35)15-4-7-17(36-2)8-5-15/h4-9,11-12,21,30H,3,10,13-14H2,1-2H3,(H,34,35)/t21?,23-/m1/s1. The third-order valence-electron chi connectivity index (χ3n) is 5.77. The number of carbonyl (C=O) groups excluding carboxylic acids is 2. The monoisotopic (exact) mass is 548 g/mol. The summed E-state index contributed by atoms with van der Waals surface area (Å²) >= 11 is 12.3. The summed E-state index contributed by atoms with van der Waals surface area (Å²) < 4.78 is 44.0. The lowest BCUT2D eigenvalue weighted by atomic mass is 9.68. The van der Waals surface area contributed by atoms with Crippen LogP contribution >= 0.6 is 23.2 Å². The number of alkyl halides is 3. The first-order valence-electron chi connectivity index (χ1n) is 10.7. The van der Waals surface area contributed by atoms with E-state index in [1.807, 2.05) is 0 Å². The van der Waals surface area contributed by atoms with E-state index in [1.165, 1.54) is 26.3 Å². The van der Waals surface area contributed by atoms with Crippen LogP contribution in [0.3, 0.4) is 0 Å². The topological polar surface area (TPSA) is 95.9 Å². The molecule has 0 heterocycles. The van der Waals surface area contributed by atoms with Gasteiger partial charge in [-0.2, -0.15) is 13.2 Å². The zero-order valence-corrected chi connectivity index (χ0v) is 21.0. The van der Waals surface area contributed by atoms with Gasteiger partial charge in [0.15, 0.2) is 0 Å². The molecule has 0 saturated heterocycles. The number of aldehydes is 1. The van der Waals surface area contributed by atoms with Gasteiger partial charge in [-0.25, -0.2) is 4.79 Å². The lowest BCUT2D eigenvalue weighted by Crippen LogP contribution is -2.51. The summed E-state index contributed by atoms with van der Waals surface area (Å²) in [7, 11) is 2.64. The molecule has 2 atom stereocenters. The van der Waals surface area contributed by atoms with Gasteiger partial charge in [-0.3, -0.25) is 4.79 Å². The molecule has 0 aromatic heterocycles. The van der Waals surface area contributed by atoms with Crippen molar-refractivity contribution in [2.45, 2.75) is 36.9 Å². The van der Waals surface area contributed by atoms with E-state index in [-0.39, 0.29) is 29.4 Å². The van der Waals surface area contributed by atoms with E-state index in [1.54, 1.807) is 30.3 Å². The van der Waals surface area contributed by atoms with Crippen LogP contribution in [0.15, 0.2) is 42.5 Å². The second-order valence-corrected chi connectivity index (χ2v) is 9.00. The summed E-state index contributed by atoms with van der Waals surface area (Å²) in [6.45, 7) is -0.370. The maximum Gasteiger partial charge on any atom is 0.405 e. The van der Waals surface area contributed by atoms with Crippen LogP contribution in [0.4, 0.5) is 18.0 Å². The van der Waals surface area contributed by atoms with Gasteiger partial charge in [-0.05, 0) is 41.8 Å². The number of nitrogens with zero attached hydrogens (tertiary/aromatic N) is 1. The summed E-state index contributed by atoms with van der Waals surface area (Å²) in [6.07, 6.45) is -7.38. The van der Waals surface area contributed by atoms with Crippen molar-refractivity contribution >= 4 is 41.5 Å². The Morgan fingerprint density at radius 2 is 1.78 bits per heavy atom. The van der Waals surface area contributed by atoms with Crippen molar-refractivity contribution in [3.8, 4) is 5.75 Å². The molecule has 0 aliphatic rings. The van der Waals surface area contributed by atoms with Crippen molar-refractivity contribution in [2.75, 3.05) is 20.7 Å². The molecule has 12 heteroatoms. The van der Waals surface area contributed by atoms with Crippen molar-refractivity contribution < 1.29 is 37.4 Å². The van der Waals surface area contributed by atoms with Crippen molar-refractivity contribution in [1.82, 2.24) is 10.2 Å². The molecule has 0 saturated carbocycles. The van der Waals surface area contributed by atoms with E-state index >= 15 is 0 Å². The van der Waals surface area contributed by atoms with Gasteiger partial charge in [0, 0.05) is 25.4 Å². The van der Waals surface area contributed by atoms with Crippen molar-refractivity contribution in [3.05, 3.63) is 63.6 Å². The Bertz CT molecular complexity index is 1080. The Labute approximate surface area is 216 Å². The SMILES string of the molecule is COc1ccc(C(NC(=O)O)[C@](CCC=O)(CN(C)C(=O)CC(F)(F)F)c2ccc(Cl)c(Cl)c2)cc1. The fourth-order valence-corrected chi connectivity index (χ4v) is 4.42. The number of amides is 2. The molecule has 2 rings (SSSR count). The van der Waals surface area contributed by atoms with Crippen molar-refractivity contribution in [2.24, 2.45) is 0 Å². The minimum Gasteiger partial charge on any atom is -0.497 e. The average Bonchev–Trinajstić information content (AvgIpc) is 2.81. The molecule has 0 bridgehead atoms. The van der Waals surface area contributed by atoms with E-state index in [0.29, 0.717) is 23.2 Å². The van der Waals surface area contributed by atoms with Crippen LogP contribution < -0.4 is 10.1 Å². The Balaban J connectivity index is 2.77. The predicted molar refractivity (Wildman–Crippen MR) is 129 cm³/mol. The van der Waals surface area contributed by atoms with E-state index in [9.17, 15) is 32.7 Å². The minimum atomic E-state index is -4.74. The van der Waals surface area contributed by atoms with Gasteiger partial charge in [-0.15, -0.1) is 0 Å². The van der Waals surface area contributed by atoms with Gasteiger partial charge in [-0.1, -0.05) is 41.4 Å². The van der Waals surface area contributed by atoms with E-state index in [0.717, 1.165) is 4.90 Å². The molecule has 0 spiro atoms. The first kappa shape index (κ1) is 29.3. The normalized spacial score (nSPS) is 13.9. The van der Waals surface area contributed by atoms with Crippen molar-refractivity contribution in [1.29, 1.82) is 0 Å². The highest BCUT2D eigenvalue weighted by atomic mass is 35.5. The maximum absolute atomic E-state index is 13.0. The molecule has 1 unspecified atom stereocenters. The van der Waals surface area contributed by atoms with Gasteiger partial charge in [0.25, 0.3) is 0 Å². The van der Waals surface area contributed by atoms with E-state index < -0.39 is 36.1 Å². The van der Waals surface area contributed by atoms with Crippen LogP contribution in [0.2, 0.25) is 10.0 Å². The molecule has 0 radical (unpaired) electrons. The van der Waals surface area contributed by atoms with Gasteiger partial charge in [0.2, 0.25) is 5.91 Å². The highest BCUT2D eigenvalue weighted by Gasteiger charge is 2.45. The number of nitrogens with one attached hydrogen (secondary N) is 1. The lowest BCUT2D eigenvalue weighted by molar-refractivity contribution is -0.161. The smallest absolute Gasteiger partial charge is 0.405 e. The Hall–Kier alpha value is -2.98. The minimum absolute atomic E-state index is 0.0327. The van der Waals surface area contributed by atoms with Gasteiger partial charge in [0.05, 0.1) is 23.2 Å². The Morgan fingerprint density at radius 1 is 1.14 bits per heavy atom. The largest absolute Gasteiger partial charge is 0.497 e. The molecule has 2 N–H and O–H groups in total. The number of methoxy groups -OCH3 is 1. The molecule has 2 amide bonds. The quantitative estimate of drug-likeness (QED) is 0.354. The van der Waals surface area contributed by atoms with Crippen LogP contribution in [-0.2, 0) is 15.0 Å². The van der Waals surface area contributed by atoms with Crippen LogP contribution in [0.25, 0.3) is 0 Å². The third kappa shape index (κ3) is 7.51. The second kappa shape index (κ2) is 12.3. The van der Waals surface area contributed by atoms with E-state index in [4.69, 9.17) is 27.9 Å². The zero-order valence-electron chi connectivity index (χ0n) is 19.4.